The maximum atomic E-state index is 4.95. The molecule has 0 radical (unpaired) electrons. The van der Waals surface area contributed by atoms with Crippen LogP contribution in [0.25, 0.3) is 4.96 Å². The largest absolute Gasteiger partial charge is 0.291 e. The zero-order valence-electron chi connectivity index (χ0n) is 10.3. The molecule has 0 N–H and O–H groups in total. The summed E-state index contributed by atoms with van der Waals surface area (Å²) in [5.74, 6) is 0.725. The number of nitrogens with zero attached hydrogens (tertiary/aromatic N) is 2. The van der Waals surface area contributed by atoms with Gasteiger partial charge in [0.05, 0.1) is 5.69 Å². The molecule has 0 spiro atoms. The molecule has 2 aliphatic carbocycles. The number of aryl methyl sites for hydroxylation is 3. The van der Waals surface area contributed by atoms with Crippen molar-refractivity contribution in [3.63, 3.8) is 0 Å². The average Bonchev–Trinajstić information content (AvgIpc) is 2.96. The van der Waals surface area contributed by atoms with E-state index >= 15 is 0 Å². The highest BCUT2D eigenvalue weighted by molar-refractivity contribution is 7.17. The first kappa shape index (κ1) is 10.1. The van der Waals surface area contributed by atoms with Crippen molar-refractivity contribution < 1.29 is 0 Å². The number of fused-ring (bicyclic) bond motifs is 5. The molecule has 1 unspecified atom stereocenters. The molecule has 4 rings (SSSR count). The fourth-order valence-electron chi connectivity index (χ4n) is 3.57. The number of hydrogen-bond donors (Lipinski definition) is 0. The van der Waals surface area contributed by atoms with E-state index < -0.39 is 0 Å². The molecule has 0 fully saturated rings. The van der Waals surface area contributed by atoms with Gasteiger partial charge in [-0.15, -0.1) is 11.3 Å². The Morgan fingerprint density at radius 3 is 3.00 bits per heavy atom. The molecule has 0 saturated carbocycles. The van der Waals surface area contributed by atoms with E-state index in [4.69, 9.17) is 4.98 Å². The zero-order chi connectivity index (χ0) is 11.4. The maximum absolute atomic E-state index is 4.95. The summed E-state index contributed by atoms with van der Waals surface area (Å²) in [4.78, 5) is 7.83. The number of thiazole rings is 1. The van der Waals surface area contributed by atoms with Crippen LogP contribution in [0.5, 0.6) is 0 Å². The van der Waals surface area contributed by atoms with Crippen molar-refractivity contribution in [3.05, 3.63) is 22.0 Å². The summed E-state index contributed by atoms with van der Waals surface area (Å²) in [6.45, 7) is 2.30. The smallest absolute Gasteiger partial charge is 0.194 e. The van der Waals surface area contributed by atoms with Crippen LogP contribution in [0.2, 0.25) is 0 Å². The molecular weight excluding hydrogens is 228 g/mol. The first-order valence-corrected chi connectivity index (χ1v) is 7.72. The Morgan fingerprint density at radius 1 is 1.24 bits per heavy atom. The zero-order valence-corrected chi connectivity index (χ0v) is 11.1. The van der Waals surface area contributed by atoms with E-state index in [0.29, 0.717) is 0 Å². The van der Waals surface area contributed by atoms with E-state index in [1.54, 1.807) is 16.3 Å². The van der Waals surface area contributed by atoms with Gasteiger partial charge >= 0.3 is 0 Å². The quantitative estimate of drug-likeness (QED) is 0.749. The van der Waals surface area contributed by atoms with Crippen LogP contribution in [0.3, 0.4) is 0 Å². The molecule has 90 valence electrons. The molecule has 0 amide bonds. The highest BCUT2D eigenvalue weighted by Crippen LogP contribution is 2.39. The topological polar surface area (TPSA) is 17.3 Å². The van der Waals surface area contributed by atoms with E-state index in [0.717, 1.165) is 5.92 Å². The van der Waals surface area contributed by atoms with Crippen LogP contribution < -0.4 is 0 Å². The SMILES string of the molecule is CCC1CCCc2c1nc1sc3c(n21)CCC3. The van der Waals surface area contributed by atoms with E-state index in [1.165, 1.54) is 55.6 Å². The molecule has 2 aromatic heterocycles. The maximum Gasteiger partial charge on any atom is 0.194 e. The molecule has 1 atom stereocenters. The van der Waals surface area contributed by atoms with E-state index in [2.05, 4.69) is 11.3 Å². The number of rotatable bonds is 1. The average molecular weight is 246 g/mol. The molecule has 2 nitrogen and oxygen atoms in total. The molecule has 17 heavy (non-hydrogen) atoms. The second-order valence-electron chi connectivity index (χ2n) is 5.38. The van der Waals surface area contributed by atoms with E-state index in [9.17, 15) is 0 Å². The van der Waals surface area contributed by atoms with Crippen molar-refractivity contribution >= 4 is 16.3 Å². The normalized spacial score (nSPS) is 23.0. The summed E-state index contributed by atoms with van der Waals surface area (Å²) >= 11 is 1.94. The van der Waals surface area contributed by atoms with Gasteiger partial charge in [0.25, 0.3) is 0 Å². The Morgan fingerprint density at radius 2 is 2.12 bits per heavy atom. The molecule has 3 heteroatoms. The Labute approximate surface area is 106 Å². The highest BCUT2D eigenvalue weighted by Gasteiger charge is 2.28. The van der Waals surface area contributed by atoms with E-state index in [-0.39, 0.29) is 0 Å². The molecule has 0 saturated heterocycles. The molecule has 2 aromatic rings. The molecule has 2 heterocycles. The van der Waals surface area contributed by atoms with Crippen molar-refractivity contribution in [3.8, 4) is 0 Å². The van der Waals surface area contributed by atoms with Crippen molar-refractivity contribution in [1.29, 1.82) is 0 Å². The first-order valence-electron chi connectivity index (χ1n) is 6.90. The second kappa shape index (κ2) is 3.58. The van der Waals surface area contributed by atoms with Gasteiger partial charge in [-0.3, -0.25) is 4.40 Å². The predicted octanol–water partition coefficient (Wildman–Crippen LogP) is 3.71. The van der Waals surface area contributed by atoms with Crippen LogP contribution in [0.4, 0.5) is 0 Å². The predicted molar refractivity (Wildman–Crippen MR) is 71.1 cm³/mol. The summed E-state index contributed by atoms with van der Waals surface area (Å²) in [6.07, 6.45) is 9.10. The van der Waals surface area contributed by atoms with Gasteiger partial charge in [-0.05, 0) is 44.9 Å². The molecule has 0 aromatic carbocycles. The second-order valence-corrected chi connectivity index (χ2v) is 6.45. The van der Waals surface area contributed by atoms with Gasteiger partial charge < -0.3 is 0 Å². The Balaban J connectivity index is 1.98. The first-order chi connectivity index (χ1) is 8.38. The highest BCUT2D eigenvalue weighted by atomic mass is 32.1. The third-order valence-corrected chi connectivity index (χ3v) is 5.58. The van der Waals surface area contributed by atoms with Gasteiger partial charge in [-0.1, -0.05) is 6.92 Å². The lowest BCUT2D eigenvalue weighted by molar-refractivity contribution is 0.523. The minimum absolute atomic E-state index is 0.725. The van der Waals surface area contributed by atoms with Crippen molar-refractivity contribution in [2.24, 2.45) is 0 Å². The fourth-order valence-corrected chi connectivity index (χ4v) is 4.80. The Hall–Kier alpha value is -0.830. The van der Waals surface area contributed by atoms with Gasteiger partial charge in [-0.25, -0.2) is 4.98 Å². The summed E-state index contributed by atoms with van der Waals surface area (Å²) < 4.78 is 2.52. The summed E-state index contributed by atoms with van der Waals surface area (Å²) in [5.41, 5.74) is 4.58. The Bertz CT molecular complexity index is 579. The van der Waals surface area contributed by atoms with Gasteiger partial charge in [0.2, 0.25) is 0 Å². The third-order valence-electron chi connectivity index (χ3n) is 4.44. The van der Waals surface area contributed by atoms with Crippen LogP contribution in [0, 0.1) is 0 Å². The summed E-state index contributed by atoms with van der Waals surface area (Å²) in [6, 6.07) is 0. The van der Waals surface area contributed by atoms with Gasteiger partial charge in [0.1, 0.15) is 0 Å². The van der Waals surface area contributed by atoms with Crippen molar-refractivity contribution in [1.82, 2.24) is 9.38 Å². The lowest BCUT2D eigenvalue weighted by Gasteiger charge is -2.20. The van der Waals surface area contributed by atoms with Gasteiger partial charge in [0.15, 0.2) is 4.96 Å². The lowest BCUT2D eigenvalue weighted by atomic mass is 9.88. The van der Waals surface area contributed by atoms with Crippen molar-refractivity contribution in [2.75, 3.05) is 0 Å². The number of imidazole rings is 1. The van der Waals surface area contributed by atoms with Crippen LogP contribution in [-0.2, 0) is 19.3 Å². The minimum atomic E-state index is 0.725. The molecule has 0 bridgehead atoms. The van der Waals surface area contributed by atoms with Crippen molar-refractivity contribution in [2.45, 2.75) is 57.8 Å². The van der Waals surface area contributed by atoms with Crippen LogP contribution in [0.1, 0.15) is 60.5 Å². The minimum Gasteiger partial charge on any atom is -0.291 e. The van der Waals surface area contributed by atoms with Crippen LogP contribution in [-0.4, -0.2) is 9.38 Å². The standard InChI is InChI=1S/C14H18N2S/c1-2-9-5-3-7-11-13(9)15-14-16(11)10-6-4-8-12(10)17-14/h9H,2-8H2,1H3. The Kier molecular flexibility index (Phi) is 2.13. The fraction of sp³-hybridized carbons (Fsp3) is 0.643. The van der Waals surface area contributed by atoms with Gasteiger partial charge in [-0.2, -0.15) is 0 Å². The molecular formula is C14H18N2S. The molecule has 0 aliphatic heterocycles. The van der Waals surface area contributed by atoms with Crippen LogP contribution in [0.15, 0.2) is 0 Å². The summed E-state index contributed by atoms with van der Waals surface area (Å²) in [5, 5.41) is 0. The molecule has 2 aliphatic rings. The lowest BCUT2D eigenvalue weighted by Crippen LogP contribution is -2.10. The number of hydrogen-bond acceptors (Lipinski definition) is 2. The third kappa shape index (κ3) is 1.29. The summed E-state index contributed by atoms with van der Waals surface area (Å²) in [7, 11) is 0. The number of aromatic nitrogens is 2. The monoisotopic (exact) mass is 246 g/mol. The van der Waals surface area contributed by atoms with Gasteiger partial charge in [0, 0.05) is 22.2 Å². The van der Waals surface area contributed by atoms with E-state index in [1.807, 2.05) is 11.3 Å². The van der Waals surface area contributed by atoms with Crippen LogP contribution >= 0.6 is 11.3 Å².